The van der Waals surface area contributed by atoms with E-state index in [-0.39, 0.29) is 17.9 Å². The fourth-order valence-corrected chi connectivity index (χ4v) is 4.72. The number of rotatable bonds is 6. The largest absolute Gasteiger partial charge is 0.401 e. The van der Waals surface area contributed by atoms with Gasteiger partial charge in [-0.15, -0.1) is 0 Å². The number of nitrogens with zero attached hydrogens (tertiary/aromatic N) is 5. The molecule has 0 radical (unpaired) electrons. The van der Waals surface area contributed by atoms with E-state index in [0.29, 0.717) is 55.9 Å². The first-order chi connectivity index (χ1) is 16.5. The Morgan fingerprint density at radius 3 is 2.37 bits per heavy atom. The van der Waals surface area contributed by atoms with Crippen LogP contribution in [0.3, 0.4) is 0 Å². The van der Waals surface area contributed by atoms with E-state index in [4.69, 9.17) is 0 Å². The van der Waals surface area contributed by atoms with Gasteiger partial charge in [-0.05, 0) is 30.5 Å². The Hall–Kier alpha value is -3.08. The molecule has 0 spiro atoms. The lowest BCUT2D eigenvalue weighted by atomic mass is 9.99. The van der Waals surface area contributed by atoms with Crippen LogP contribution in [-0.2, 0) is 11.3 Å². The van der Waals surface area contributed by atoms with E-state index < -0.39 is 12.7 Å². The number of aromatic nitrogens is 2. The van der Waals surface area contributed by atoms with Crippen molar-refractivity contribution in [1.29, 1.82) is 0 Å². The van der Waals surface area contributed by atoms with Crippen LogP contribution in [0, 0.1) is 12.8 Å². The van der Waals surface area contributed by atoms with E-state index >= 15 is 0 Å². The van der Waals surface area contributed by atoms with Gasteiger partial charge in [0.2, 0.25) is 11.9 Å². The van der Waals surface area contributed by atoms with Crippen molar-refractivity contribution in [3.05, 3.63) is 35.5 Å². The lowest BCUT2D eigenvalue weighted by Gasteiger charge is -2.36. The third kappa shape index (κ3) is 5.77. The molecule has 2 N–H and O–H groups in total. The van der Waals surface area contributed by atoms with Gasteiger partial charge in [0.05, 0.1) is 12.2 Å². The zero-order valence-corrected chi connectivity index (χ0v) is 20.5. The van der Waals surface area contributed by atoms with Crippen LogP contribution in [0.4, 0.5) is 36.3 Å². The second-order valence-electron chi connectivity index (χ2n) is 9.52. The number of piperazine rings is 1. The standard InChI is InChI=1S/C24H32F3N7O/c1-15(2)20-22(35)30-19-16(3)29-23(31-21(19)32(20)4)28-13-17-5-7-18(8-6-17)34-11-9-33(10-12-34)14-24(25,26)27/h5-8,15,20H,9-14H2,1-4H3,(H,30,35)(H,28,29,31)/t20-/m0/s1. The number of amides is 1. The molecular weight excluding hydrogens is 459 g/mol. The molecule has 2 aromatic rings. The minimum Gasteiger partial charge on any atom is -0.369 e. The first-order valence-corrected chi connectivity index (χ1v) is 11.8. The van der Waals surface area contributed by atoms with E-state index in [2.05, 4.69) is 25.5 Å². The summed E-state index contributed by atoms with van der Waals surface area (Å²) in [6.07, 6.45) is -4.16. The Labute approximate surface area is 203 Å². The third-order valence-corrected chi connectivity index (χ3v) is 6.50. The van der Waals surface area contributed by atoms with E-state index in [0.717, 1.165) is 11.3 Å². The molecule has 1 aromatic heterocycles. The quantitative estimate of drug-likeness (QED) is 0.641. The van der Waals surface area contributed by atoms with Crippen LogP contribution >= 0.6 is 0 Å². The fourth-order valence-electron chi connectivity index (χ4n) is 4.72. The van der Waals surface area contributed by atoms with Crippen LogP contribution in [0.25, 0.3) is 0 Å². The lowest BCUT2D eigenvalue weighted by Crippen LogP contribution is -2.49. The molecule has 35 heavy (non-hydrogen) atoms. The SMILES string of the molecule is Cc1nc(NCc2ccc(N3CCN(CC(F)(F)F)CC3)cc2)nc2c1NC(=O)[C@H](C(C)C)N2C. The van der Waals surface area contributed by atoms with Gasteiger partial charge in [0.1, 0.15) is 11.7 Å². The van der Waals surface area contributed by atoms with Gasteiger partial charge in [-0.2, -0.15) is 18.2 Å². The van der Waals surface area contributed by atoms with Gasteiger partial charge in [0.25, 0.3) is 0 Å². The van der Waals surface area contributed by atoms with Crippen molar-refractivity contribution in [3.63, 3.8) is 0 Å². The summed E-state index contributed by atoms with van der Waals surface area (Å²) in [7, 11) is 1.88. The Morgan fingerprint density at radius 2 is 1.77 bits per heavy atom. The summed E-state index contributed by atoms with van der Waals surface area (Å²) >= 11 is 0. The van der Waals surface area contributed by atoms with Crippen molar-refractivity contribution in [1.82, 2.24) is 14.9 Å². The number of hydrogen-bond donors (Lipinski definition) is 2. The number of hydrogen-bond acceptors (Lipinski definition) is 7. The van der Waals surface area contributed by atoms with Gasteiger partial charge in [0.15, 0.2) is 5.82 Å². The summed E-state index contributed by atoms with van der Waals surface area (Å²) in [5, 5.41) is 6.21. The number of aryl methyl sites for hydroxylation is 1. The molecular formula is C24H32F3N7O. The summed E-state index contributed by atoms with van der Waals surface area (Å²) in [5.74, 6) is 1.25. The molecule has 0 bridgehead atoms. The molecule has 4 rings (SSSR count). The molecule has 190 valence electrons. The number of fused-ring (bicyclic) bond motifs is 1. The molecule has 1 atom stereocenters. The van der Waals surface area contributed by atoms with Gasteiger partial charge in [-0.3, -0.25) is 9.69 Å². The van der Waals surface area contributed by atoms with E-state index in [9.17, 15) is 18.0 Å². The normalized spacial score (nSPS) is 19.1. The van der Waals surface area contributed by atoms with Gasteiger partial charge in [-0.25, -0.2) is 4.98 Å². The van der Waals surface area contributed by atoms with Crippen molar-refractivity contribution in [2.45, 2.75) is 39.5 Å². The molecule has 3 heterocycles. The Balaban J connectivity index is 1.37. The maximum atomic E-state index is 12.6. The Morgan fingerprint density at radius 1 is 1.11 bits per heavy atom. The molecule has 0 saturated carbocycles. The van der Waals surface area contributed by atoms with Crippen molar-refractivity contribution < 1.29 is 18.0 Å². The fraction of sp³-hybridized carbons (Fsp3) is 0.542. The monoisotopic (exact) mass is 491 g/mol. The van der Waals surface area contributed by atoms with Crippen LogP contribution in [0.1, 0.15) is 25.1 Å². The van der Waals surface area contributed by atoms with Crippen LogP contribution in [0.15, 0.2) is 24.3 Å². The van der Waals surface area contributed by atoms with Crippen molar-refractivity contribution in [3.8, 4) is 0 Å². The Kier molecular flexibility index (Phi) is 7.07. The molecule has 2 aliphatic heterocycles. The number of benzene rings is 1. The minimum absolute atomic E-state index is 0.0516. The highest BCUT2D eigenvalue weighted by Gasteiger charge is 2.35. The van der Waals surface area contributed by atoms with Crippen LogP contribution in [0.5, 0.6) is 0 Å². The predicted molar refractivity (Wildman–Crippen MR) is 131 cm³/mol. The van der Waals surface area contributed by atoms with Gasteiger partial charge in [0, 0.05) is 45.5 Å². The topological polar surface area (TPSA) is 76.6 Å². The summed E-state index contributed by atoms with van der Waals surface area (Å²) < 4.78 is 37.8. The second kappa shape index (κ2) is 9.88. The molecule has 2 aliphatic rings. The maximum absolute atomic E-state index is 12.6. The molecule has 1 aromatic carbocycles. The summed E-state index contributed by atoms with van der Waals surface area (Å²) in [6, 6.07) is 7.68. The number of carbonyl (C=O) groups excluding carboxylic acids is 1. The molecule has 11 heteroatoms. The molecule has 0 unspecified atom stereocenters. The van der Waals surface area contributed by atoms with Gasteiger partial charge < -0.3 is 20.4 Å². The van der Waals surface area contributed by atoms with Gasteiger partial charge in [-0.1, -0.05) is 26.0 Å². The number of carbonyl (C=O) groups is 1. The average Bonchev–Trinajstić information content (AvgIpc) is 2.78. The zero-order chi connectivity index (χ0) is 25.3. The second-order valence-corrected chi connectivity index (χ2v) is 9.52. The van der Waals surface area contributed by atoms with E-state index in [1.54, 1.807) is 0 Å². The number of alkyl halides is 3. The predicted octanol–water partition coefficient (Wildman–Crippen LogP) is 3.49. The molecule has 1 amide bonds. The highest BCUT2D eigenvalue weighted by molar-refractivity contribution is 6.03. The summed E-state index contributed by atoms with van der Waals surface area (Å²) in [6.45, 7) is 7.44. The Bertz CT molecular complexity index is 1050. The third-order valence-electron chi connectivity index (χ3n) is 6.50. The highest BCUT2D eigenvalue weighted by Crippen LogP contribution is 2.34. The maximum Gasteiger partial charge on any atom is 0.401 e. The molecule has 1 saturated heterocycles. The van der Waals surface area contributed by atoms with Crippen molar-refractivity contribution in [2.75, 3.05) is 60.2 Å². The number of nitrogens with one attached hydrogen (secondary N) is 2. The molecule has 1 fully saturated rings. The number of halogens is 3. The molecule has 0 aliphatic carbocycles. The number of anilines is 4. The first-order valence-electron chi connectivity index (χ1n) is 11.8. The average molecular weight is 492 g/mol. The molecule has 8 nitrogen and oxygen atoms in total. The smallest absolute Gasteiger partial charge is 0.369 e. The number of likely N-dealkylation sites (N-methyl/N-ethyl adjacent to an activating group) is 1. The minimum atomic E-state index is -4.16. The van der Waals surface area contributed by atoms with Crippen molar-refractivity contribution in [2.24, 2.45) is 5.92 Å². The van der Waals surface area contributed by atoms with Gasteiger partial charge >= 0.3 is 6.18 Å². The summed E-state index contributed by atoms with van der Waals surface area (Å²) in [4.78, 5) is 27.1. The van der Waals surface area contributed by atoms with E-state index in [1.165, 1.54) is 4.90 Å². The van der Waals surface area contributed by atoms with Crippen LogP contribution in [-0.4, -0.2) is 72.8 Å². The van der Waals surface area contributed by atoms with Crippen LogP contribution in [0.2, 0.25) is 0 Å². The zero-order valence-electron chi connectivity index (χ0n) is 20.5. The van der Waals surface area contributed by atoms with Crippen molar-refractivity contribution >= 4 is 29.0 Å². The van der Waals surface area contributed by atoms with Crippen LogP contribution < -0.4 is 20.4 Å². The van der Waals surface area contributed by atoms with E-state index in [1.807, 2.05) is 57.0 Å². The lowest BCUT2D eigenvalue weighted by molar-refractivity contribution is -0.146. The highest BCUT2D eigenvalue weighted by atomic mass is 19.4. The summed E-state index contributed by atoms with van der Waals surface area (Å²) in [5.41, 5.74) is 3.36. The first kappa shape index (κ1) is 25.0.